The van der Waals surface area contributed by atoms with Crippen LogP contribution in [-0.4, -0.2) is 89.0 Å². The minimum absolute atomic E-state index is 0.137. The van der Waals surface area contributed by atoms with Crippen molar-refractivity contribution in [3.8, 4) is 0 Å². The van der Waals surface area contributed by atoms with Crippen LogP contribution in [0.15, 0.2) is 99.6 Å². The van der Waals surface area contributed by atoms with Gasteiger partial charge in [-0.05, 0) is 79.6 Å². The highest BCUT2D eigenvalue weighted by Gasteiger charge is 2.78. The number of carbonyl (C=O) groups is 5. The maximum Gasteiger partial charge on any atom is 0.350 e. The van der Waals surface area contributed by atoms with Gasteiger partial charge in [0.1, 0.15) is 29.7 Å². The predicted octanol–water partition coefficient (Wildman–Crippen LogP) is 6.44. The highest BCUT2D eigenvalue weighted by molar-refractivity contribution is 5.98. The maximum atomic E-state index is 15.9. The van der Waals surface area contributed by atoms with Gasteiger partial charge in [-0.15, -0.1) is 0 Å². The number of esters is 4. The Morgan fingerprint density at radius 3 is 2.19 bits per heavy atom. The molecule has 4 fully saturated rings. The minimum Gasteiger partial charge on any atom is -0.467 e. The standard InChI is InChI=1S/C49H53NO13/c1-26-23-34-48(25-58-34,63-44(54)31-19-13-20-31)39-41(62-43(53)30-17-11-8-12-18-30)49(56)24-33(27(2)35(46(49,4)5)37(59-28(3)51)40(52)47(26,39)6)60-45(55)38-36(32-21-14-22-57-32)50-42(61-38)29-15-9-7-10-16-29/h7-12,14-18,21-22,26,31,33-34,36-39,41,56H,13,19-20,23-25H2,1-6H3/t26-,33-,34+,36?,37+,38?,39?,41-,47+,48-,49+/m0/s1. The van der Waals surface area contributed by atoms with Gasteiger partial charge < -0.3 is 37.9 Å². The van der Waals surface area contributed by atoms with E-state index in [1.165, 1.54) is 13.2 Å². The van der Waals surface area contributed by atoms with Gasteiger partial charge in [-0.2, -0.15) is 0 Å². The highest BCUT2D eigenvalue weighted by atomic mass is 16.6. The van der Waals surface area contributed by atoms with Gasteiger partial charge in [0, 0.05) is 29.7 Å². The van der Waals surface area contributed by atoms with Crippen LogP contribution in [0.4, 0.5) is 0 Å². The second-order valence-corrected chi connectivity index (χ2v) is 18.8. The first kappa shape index (κ1) is 42.7. The summed E-state index contributed by atoms with van der Waals surface area (Å²) in [6, 6.07) is 19.7. The number of aliphatic hydroxyl groups is 1. The van der Waals surface area contributed by atoms with Gasteiger partial charge in [0.2, 0.25) is 12.0 Å². The Bertz CT molecular complexity index is 2370. The topological polar surface area (TPSA) is 186 Å². The van der Waals surface area contributed by atoms with E-state index in [1.54, 1.807) is 82.3 Å². The second-order valence-electron chi connectivity index (χ2n) is 18.8. The summed E-state index contributed by atoms with van der Waals surface area (Å²) >= 11 is 0. The van der Waals surface area contributed by atoms with Crippen LogP contribution in [0.1, 0.15) is 101 Å². The van der Waals surface area contributed by atoms with Crippen LogP contribution in [0, 0.1) is 28.6 Å². The molecule has 0 radical (unpaired) electrons. The Morgan fingerprint density at radius 1 is 0.889 bits per heavy atom. The monoisotopic (exact) mass is 863 g/mol. The van der Waals surface area contributed by atoms with Crippen molar-refractivity contribution < 1.29 is 61.9 Å². The minimum atomic E-state index is -2.20. The average molecular weight is 864 g/mol. The fourth-order valence-electron chi connectivity index (χ4n) is 11.1. The molecule has 63 heavy (non-hydrogen) atoms. The highest BCUT2D eigenvalue weighted by Crippen LogP contribution is 2.66. The van der Waals surface area contributed by atoms with Gasteiger partial charge in [-0.3, -0.25) is 14.4 Å². The summed E-state index contributed by atoms with van der Waals surface area (Å²) < 4.78 is 43.9. The number of ketones is 1. The van der Waals surface area contributed by atoms with Crippen molar-refractivity contribution in [3.05, 3.63) is 107 Å². The summed E-state index contributed by atoms with van der Waals surface area (Å²) in [7, 11) is 0. The van der Waals surface area contributed by atoms with Crippen LogP contribution in [0.2, 0.25) is 0 Å². The van der Waals surface area contributed by atoms with Crippen LogP contribution >= 0.6 is 0 Å². The van der Waals surface area contributed by atoms with Crippen molar-refractivity contribution in [2.45, 2.75) is 121 Å². The van der Waals surface area contributed by atoms with Gasteiger partial charge in [0.05, 0.1) is 30.3 Å². The lowest BCUT2D eigenvalue weighted by molar-refractivity contribution is -0.342. The van der Waals surface area contributed by atoms with Crippen molar-refractivity contribution in [2.75, 3.05) is 6.61 Å². The number of Topliss-reactive ketones (excluding diaryl/α,β-unsaturated/α-hetero) is 1. The molecule has 2 bridgehead atoms. The zero-order valence-electron chi connectivity index (χ0n) is 36.2. The number of hydrogen-bond donors (Lipinski definition) is 1. The van der Waals surface area contributed by atoms with Gasteiger partial charge >= 0.3 is 23.9 Å². The number of rotatable bonds is 9. The molecule has 1 saturated heterocycles. The molecule has 14 heteroatoms. The van der Waals surface area contributed by atoms with Gasteiger partial charge in [0.15, 0.2) is 23.5 Å². The van der Waals surface area contributed by atoms with Crippen LogP contribution in [0.3, 0.4) is 0 Å². The molecule has 3 aromatic rings. The number of nitrogens with zero attached hydrogens (tertiary/aromatic N) is 1. The van der Waals surface area contributed by atoms with Crippen LogP contribution in [0.5, 0.6) is 0 Å². The molecule has 14 nitrogen and oxygen atoms in total. The molecule has 6 aliphatic rings. The first-order chi connectivity index (χ1) is 30.0. The molecule has 11 atom stereocenters. The first-order valence-corrected chi connectivity index (χ1v) is 21.8. The molecule has 3 heterocycles. The number of fused-ring (bicyclic) bond motifs is 5. The number of furan rings is 1. The lowest BCUT2D eigenvalue weighted by Crippen LogP contribution is -2.81. The molecule has 4 aliphatic carbocycles. The van der Waals surface area contributed by atoms with Gasteiger partial charge in [-0.1, -0.05) is 70.5 Å². The van der Waals surface area contributed by atoms with E-state index in [0.717, 1.165) is 6.42 Å². The molecule has 1 N–H and O–H groups in total. The Kier molecular flexibility index (Phi) is 10.6. The van der Waals surface area contributed by atoms with Crippen molar-refractivity contribution in [2.24, 2.45) is 33.6 Å². The summed E-state index contributed by atoms with van der Waals surface area (Å²) in [5.74, 6) is -4.97. The zero-order chi connectivity index (χ0) is 44.6. The van der Waals surface area contributed by atoms with E-state index in [-0.39, 0.29) is 42.4 Å². The van der Waals surface area contributed by atoms with E-state index in [1.807, 2.05) is 25.1 Å². The molecule has 0 spiro atoms. The van der Waals surface area contributed by atoms with Crippen LogP contribution in [-0.2, 0) is 47.6 Å². The van der Waals surface area contributed by atoms with Gasteiger partial charge in [-0.25, -0.2) is 14.6 Å². The Labute approximate surface area is 365 Å². The van der Waals surface area contributed by atoms with Crippen molar-refractivity contribution in [3.63, 3.8) is 0 Å². The summed E-state index contributed by atoms with van der Waals surface area (Å²) in [5, 5.41) is 14.0. The largest absolute Gasteiger partial charge is 0.467 e. The van der Waals surface area contributed by atoms with Gasteiger partial charge in [0.25, 0.3) is 0 Å². The van der Waals surface area contributed by atoms with E-state index in [2.05, 4.69) is 0 Å². The zero-order valence-corrected chi connectivity index (χ0v) is 36.2. The van der Waals surface area contributed by atoms with Crippen LogP contribution < -0.4 is 0 Å². The third-order valence-corrected chi connectivity index (χ3v) is 15.2. The molecular weight excluding hydrogens is 811 g/mol. The van der Waals surface area contributed by atoms with Crippen molar-refractivity contribution in [1.82, 2.24) is 0 Å². The summed E-state index contributed by atoms with van der Waals surface area (Å²) in [5.41, 5.74) is -5.45. The maximum absolute atomic E-state index is 15.9. The number of carbonyl (C=O) groups excluding carboxylic acids is 5. The third-order valence-electron chi connectivity index (χ3n) is 15.2. The molecule has 3 saturated carbocycles. The molecule has 9 rings (SSSR count). The number of hydrogen-bond acceptors (Lipinski definition) is 14. The first-order valence-electron chi connectivity index (χ1n) is 21.8. The number of benzene rings is 2. The fourth-order valence-corrected chi connectivity index (χ4v) is 11.1. The lowest BCUT2D eigenvalue weighted by atomic mass is 9.43. The Balaban J connectivity index is 1.20. The number of aliphatic imine (C=N–C) groups is 1. The molecule has 0 amide bonds. The normalized spacial score (nSPS) is 35.5. The fraction of sp³-hybridized carbons (Fsp3) is 0.510. The van der Waals surface area contributed by atoms with Crippen molar-refractivity contribution >= 4 is 35.6 Å². The Morgan fingerprint density at radius 2 is 1.59 bits per heavy atom. The molecular formula is C49H53NO13. The van der Waals surface area contributed by atoms with E-state index in [0.29, 0.717) is 29.7 Å². The van der Waals surface area contributed by atoms with E-state index < -0.39 is 100 Å². The predicted molar refractivity (Wildman–Crippen MR) is 223 cm³/mol. The summed E-state index contributed by atoms with van der Waals surface area (Å²) in [6.07, 6.45) is -2.98. The summed E-state index contributed by atoms with van der Waals surface area (Å²) in [6.45, 7) is 9.72. The quantitative estimate of drug-likeness (QED) is 0.141. The second kappa shape index (κ2) is 15.6. The average Bonchev–Trinajstić information content (AvgIpc) is 3.93. The smallest absolute Gasteiger partial charge is 0.350 e. The summed E-state index contributed by atoms with van der Waals surface area (Å²) in [4.78, 5) is 77.0. The Hall–Kier alpha value is -5.60. The third kappa shape index (κ3) is 6.65. The van der Waals surface area contributed by atoms with Crippen LogP contribution in [0.25, 0.3) is 0 Å². The SMILES string of the molecule is CC(=O)O[C@H]1C(=O)[C@@]2(C)C([C@H](OC(=O)c3ccccc3)[C@]3(O)C[C@H](OC(=O)C4OC(c5ccccc5)=NC4c4ccco4)C(C)=C1C3(C)C)[C@]1(OC(=O)C3CCC3)CO[C@@H]1C[C@@H]2C. The number of ether oxygens (including phenoxy) is 6. The van der Waals surface area contributed by atoms with E-state index in [4.69, 9.17) is 37.8 Å². The van der Waals surface area contributed by atoms with Crippen molar-refractivity contribution in [1.29, 1.82) is 0 Å². The lowest BCUT2D eigenvalue weighted by Gasteiger charge is -2.68. The molecule has 1 aromatic heterocycles. The molecule has 2 aromatic carbocycles. The van der Waals surface area contributed by atoms with E-state index in [9.17, 15) is 24.3 Å². The molecule has 2 aliphatic heterocycles. The molecule has 332 valence electrons. The molecule has 3 unspecified atom stereocenters. The van der Waals surface area contributed by atoms with E-state index >= 15 is 4.79 Å².